The topological polar surface area (TPSA) is 159 Å². The third kappa shape index (κ3) is 4.86. The third-order valence-electron chi connectivity index (χ3n) is 4.10. The summed E-state index contributed by atoms with van der Waals surface area (Å²) < 4.78 is 43.9. The van der Waals surface area contributed by atoms with Crippen LogP contribution in [-0.4, -0.2) is 36.2 Å². The second-order valence-electron chi connectivity index (χ2n) is 6.15. The number of methoxy groups -OCH3 is 1. The number of aromatic nitrogens is 2. The Hall–Kier alpha value is -3.79. The van der Waals surface area contributed by atoms with Gasteiger partial charge in [-0.1, -0.05) is 18.2 Å². The monoisotopic (exact) mass is 443 g/mol. The number of H-pyrrole nitrogens is 1. The lowest BCUT2D eigenvalue weighted by Gasteiger charge is -2.14. The molecule has 160 valence electrons. The number of aromatic amines is 1. The molecule has 12 heteroatoms. The van der Waals surface area contributed by atoms with Crippen molar-refractivity contribution in [1.82, 2.24) is 9.78 Å². The molecule has 0 aliphatic heterocycles. The van der Waals surface area contributed by atoms with Gasteiger partial charge < -0.3 is 9.47 Å². The van der Waals surface area contributed by atoms with Gasteiger partial charge >= 0.3 is 0 Å². The Morgan fingerprint density at radius 2 is 1.90 bits per heavy atom. The molecule has 0 aliphatic rings. The van der Waals surface area contributed by atoms with Gasteiger partial charge in [-0.3, -0.25) is 14.4 Å². The van der Waals surface area contributed by atoms with Crippen LogP contribution in [0.5, 0.6) is 5.75 Å². The highest BCUT2D eigenvalue weighted by Crippen LogP contribution is 2.32. The minimum Gasteiger partial charge on any atom is -0.463 e. The molecule has 1 heterocycles. The number of rotatable bonds is 7. The summed E-state index contributed by atoms with van der Waals surface area (Å²) in [5, 5.41) is 19.8. The third-order valence-corrected chi connectivity index (χ3v) is 4.95. The highest BCUT2D eigenvalue weighted by molar-refractivity contribution is 7.85. The van der Waals surface area contributed by atoms with Crippen molar-refractivity contribution in [3.8, 4) is 17.5 Å². The first-order valence-electron chi connectivity index (χ1n) is 8.78. The van der Waals surface area contributed by atoms with E-state index in [1.165, 1.54) is 13.2 Å². The summed E-state index contributed by atoms with van der Waals surface area (Å²) >= 11 is 0. The molecular weight excluding hydrogens is 426 g/mol. The van der Waals surface area contributed by atoms with Crippen LogP contribution in [0.25, 0.3) is 5.69 Å². The summed E-state index contributed by atoms with van der Waals surface area (Å²) in [7, 11) is -3.12. The van der Waals surface area contributed by atoms with E-state index < -0.39 is 26.9 Å². The molecule has 0 saturated carbocycles. The van der Waals surface area contributed by atoms with Gasteiger partial charge in [0.25, 0.3) is 15.7 Å². The summed E-state index contributed by atoms with van der Waals surface area (Å²) in [4.78, 5) is 12.3. The van der Waals surface area contributed by atoms with Gasteiger partial charge in [0.1, 0.15) is 17.5 Å². The van der Waals surface area contributed by atoms with Crippen LogP contribution in [0.15, 0.2) is 68.4 Å². The Morgan fingerprint density at radius 1 is 1.19 bits per heavy atom. The van der Waals surface area contributed by atoms with Gasteiger partial charge in [-0.05, 0) is 37.3 Å². The molecule has 2 aromatic carbocycles. The zero-order valence-corrected chi connectivity index (χ0v) is 17.2. The van der Waals surface area contributed by atoms with Gasteiger partial charge in [0.15, 0.2) is 17.7 Å². The van der Waals surface area contributed by atoms with Gasteiger partial charge in [-0.25, -0.2) is 4.68 Å². The SMILES string of the molecule is COC(C)Oc1ccc(S(=O)(=O)O)cc1/N=N/c1c(C#N)[nH]n(-c2ccccc2)c1=O. The number of hydrogen-bond acceptors (Lipinski definition) is 8. The van der Waals surface area contributed by atoms with E-state index in [2.05, 4.69) is 15.3 Å². The summed E-state index contributed by atoms with van der Waals surface area (Å²) in [5.74, 6) is 0.0860. The highest BCUT2D eigenvalue weighted by atomic mass is 32.2. The minimum absolute atomic E-state index is 0.0860. The molecule has 2 N–H and O–H groups in total. The quantitative estimate of drug-likeness (QED) is 0.322. The van der Waals surface area contributed by atoms with Crippen molar-refractivity contribution < 1.29 is 22.4 Å². The minimum atomic E-state index is -4.52. The lowest BCUT2D eigenvalue weighted by atomic mass is 10.3. The molecule has 0 aliphatic carbocycles. The van der Waals surface area contributed by atoms with E-state index in [-0.39, 0.29) is 22.8 Å². The van der Waals surface area contributed by atoms with Crippen molar-refractivity contribution in [2.24, 2.45) is 10.2 Å². The number of ether oxygens (including phenoxy) is 2. The molecule has 0 spiro atoms. The Bertz CT molecular complexity index is 1320. The molecule has 1 aromatic heterocycles. The highest BCUT2D eigenvalue weighted by Gasteiger charge is 2.18. The van der Waals surface area contributed by atoms with E-state index in [0.717, 1.165) is 16.8 Å². The molecule has 3 rings (SSSR count). The van der Waals surface area contributed by atoms with Gasteiger partial charge in [0, 0.05) is 7.11 Å². The van der Waals surface area contributed by atoms with Crippen molar-refractivity contribution >= 4 is 21.5 Å². The van der Waals surface area contributed by atoms with E-state index in [1.54, 1.807) is 37.3 Å². The normalized spacial score (nSPS) is 12.6. The van der Waals surface area contributed by atoms with Crippen molar-refractivity contribution in [3.05, 3.63) is 64.6 Å². The number of nitrogens with one attached hydrogen (secondary N) is 1. The maximum atomic E-state index is 12.7. The fraction of sp³-hybridized carbons (Fsp3) is 0.158. The van der Waals surface area contributed by atoms with Crippen LogP contribution in [-0.2, 0) is 14.9 Å². The number of para-hydroxylation sites is 1. The maximum Gasteiger partial charge on any atom is 0.300 e. The van der Waals surface area contributed by atoms with E-state index in [1.807, 2.05) is 6.07 Å². The van der Waals surface area contributed by atoms with Crippen LogP contribution in [0, 0.1) is 11.3 Å². The van der Waals surface area contributed by atoms with E-state index in [9.17, 15) is 23.0 Å². The average molecular weight is 443 g/mol. The van der Waals surface area contributed by atoms with Gasteiger partial charge in [0.2, 0.25) is 0 Å². The number of azo groups is 1. The van der Waals surface area contributed by atoms with Crippen LogP contribution < -0.4 is 10.3 Å². The maximum absolute atomic E-state index is 12.7. The van der Waals surface area contributed by atoms with E-state index >= 15 is 0 Å². The zero-order chi connectivity index (χ0) is 22.6. The largest absolute Gasteiger partial charge is 0.463 e. The first-order chi connectivity index (χ1) is 14.7. The average Bonchev–Trinajstić information content (AvgIpc) is 3.08. The molecule has 11 nitrogen and oxygen atoms in total. The first-order valence-corrected chi connectivity index (χ1v) is 10.2. The molecule has 0 bridgehead atoms. The summed E-state index contributed by atoms with van der Waals surface area (Å²) in [6.45, 7) is 1.59. The Kier molecular flexibility index (Phi) is 6.30. The fourth-order valence-corrected chi connectivity index (χ4v) is 3.02. The molecular formula is C19H17N5O6S. The molecule has 1 unspecified atom stereocenters. The van der Waals surface area contributed by atoms with Crippen molar-refractivity contribution in [2.45, 2.75) is 18.1 Å². The van der Waals surface area contributed by atoms with Crippen LogP contribution in [0.1, 0.15) is 12.6 Å². The number of nitrogens with zero attached hydrogens (tertiary/aromatic N) is 4. The fourth-order valence-electron chi connectivity index (χ4n) is 2.52. The molecule has 0 fully saturated rings. The van der Waals surface area contributed by atoms with Crippen molar-refractivity contribution in [3.63, 3.8) is 0 Å². The number of nitriles is 1. The Labute approximate surface area is 176 Å². The van der Waals surface area contributed by atoms with Crippen molar-refractivity contribution in [2.75, 3.05) is 7.11 Å². The summed E-state index contributed by atoms with van der Waals surface area (Å²) in [5.41, 5.74) is -0.678. The van der Waals surface area contributed by atoms with E-state index in [0.29, 0.717) is 5.69 Å². The Balaban J connectivity index is 2.10. The predicted octanol–water partition coefficient (Wildman–Crippen LogP) is 3.07. The summed E-state index contributed by atoms with van der Waals surface area (Å²) in [6.07, 6.45) is -0.706. The lowest BCUT2D eigenvalue weighted by molar-refractivity contribution is -0.0379. The Morgan fingerprint density at radius 3 is 2.52 bits per heavy atom. The molecule has 0 saturated heterocycles. The molecule has 31 heavy (non-hydrogen) atoms. The summed E-state index contributed by atoms with van der Waals surface area (Å²) in [6, 6.07) is 13.8. The number of hydrogen-bond donors (Lipinski definition) is 2. The second-order valence-corrected chi connectivity index (χ2v) is 7.57. The number of benzene rings is 2. The zero-order valence-electron chi connectivity index (χ0n) is 16.4. The van der Waals surface area contributed by atoms with Crippen LogP contribution in [0.4, 0.5) is 11.4 Å². The first kappa shape index (κ1) is 21.9. The van der Waals surface area contributed by atoms with Gasteiger partial charge in [-0.2, -0.15) is 13.7 Å². The van der Waals surface area contributed by atoms with Crippen LogP contribution >= 0.6 is 0 Å². The molecule has 3 aromatic rings. The standard InChI is InChI=1S/C19H17N5O6S/c1-12(29-2)30-17-9-8-14(31(26,27)28)10-15(17)21-22-18-16(11-20)23-24(19(18)25)13-6-4-3-5-7-13/h3-10,12,23H,1-2H3,(H,26,27,28)/b22-21+. The van der Waals surface area contributed by atoms with Crippen LogP contribution in [0.2, 0.25) is 0 Å². The molecule has 0 amide bonds. The second kappa shape index (κ2) is 8.92. The van der Waals surface area contributed by atoms with Crippen molar-refractivity contribution in [1.29, 1.82) is 5.26 Å². The molecule has 0 radical (unpaired) electrons. The smallest absolute Gasteiger partial charge is 0.300 e. The van der Waals surface area contributed by atoms with Crippen LogP contribution in [0.3, 0.4) is 0 Å². The van der Waals surface area contributed by atoms with Gasteiger partial charge in [0.05, 0.1) is 10.6 Å². The van der Waals surface area contributed by atoms with E-state index in [4.69, 9.17) is 9.47 Å². The lowest BCUT2D eigenvalue weighted by Crippen LogP contribution is -2.14. The van der Waals surface area contributed by atoms with Gasteiger partial charge in [-0.15, -0.1) is 10.2 Å². The predicted molar refractivity (Wildman–Crippen MR) is 109 cm³/mol. The molecule has 1 atom stereocenters.